The minimum atomic E-state index is -4.02. The summed E-state index contributed by atoms with van der Waals surface area (Å²) in [5.74, 6) is 0.647. The second kappa shape index (κ2) is 13.5. The van der Waals surface area contributed by atoms with Crippen molar-refractivity contribution >= 4 is 27.0 Å². The van der Waals surface area contributed by atoms with Crippen molar-refractivity contribution in [1.29, 1.82) is 0 Å². The molecule has 0 radical (unpaired) electrons. The number of sulfonamides is 1. The molecule has 0 unspecified atom stereocenters. The van der Waals surface area contributed by atoms with Crippen LogP contribution in [-0.2, 0) is 21.2 Å². The van der Waals surface area contributed by atoms with Crippen molar-refractivity contribution in [1.82, 2.24) is 14.6 Å². The Bertz CT molecular complexity index is 1600. The third-order valence-electron chi connectivity index (χ3n) is 6.93. The zero-order chi connectivity index (χ0) is 30.4. The van der Waals surface area contributed by atoms with Gasteiger partial charge >= 0.3 is 0 Å². The molecule has 0 bridgehead atoms. The Balaban J connectivity index is 1.56. The number of amides is 1. The number of nitrogens with zero attached hydrogens (tertiary/aromatic N) is 2. The maximum Gasteiger partial charge on any atom is 0.258 e. The molecule has 1 aromatic heterocycles. The number of ether oxygens (including phenoxy) is 1. The normalized spacial score (nSPS) is 13.4. The Kier molecular flexibility index (Phi) is 10.0. The standard InChI is InChI=1S/C32H39N3O6S/c1-21(2)18-35(42(38,39)26-14-15-27-30(17-26)41-24(5)33-27)19-29(36)28(16-25-12-7-6-8-13-25)34-31(37)20-40-32-22(3)10-9-11-23(32)4/h6-15,17,21,28-29,36H,16,18-20H2,1-5H3,(H,34,37)/t28-,29+/m0/s1. The van der Waals surface area contributed by atoms with Gasteiger partial charge in [0.15, 0.2) is 18.1 Å². The molecule has 0 saturated carbocycles. The summed E-state index contributed by atoms with van der Waals surface area (Å²) in [6.07, 6.45) is -0.908. The number of aromatic nitrogens is 1. The summed E-state index contributed by atoms with van der Waals surface area (Å²) in [4.78, 5) is 17.3. The van der Waals surface area contributed by atoms with Crippen LogP contribution in [0.15, 0.2) is 76.0 Å². The molecular formula is C32H39N3O6S. The first-order valence-electron chi connectivity index (χ1n) is 14.0. The maximum atomic E-state index is 13.8. The molecule has 3 aromatic carbocycles. The molecule has 0 aliphatic heterocycles. The Labute approximate surface area is 247 Å². The summed E-state index contributed by atoms with van der Waals surface area (Å²) in [7, 11) is -4.02. The summed E-state index contributed by atoms with van der Waals surface area (Å²) < 4.78 is 40.3. The van der Waals surface area contributed by atoms with Gasteiger partial charge in [-0.25, -0.2) is 13.4 Å². The molecule has 0 aliphatic rings. The van der Waals surface area contributed by atoms with Crippen molar-refractivity contribution in [3.05, 3.63) is 89.3 Å². The molecule has 224 valence electrons. The Morgan fingerprint density at radius 1 is 1.00 bits per heavy atom. The van der Waals surface area contributed by atoms with Crippen LogP contribution in [0, 0.1) is 26.7 Å². The second-order valence-corrected chi connectivity index (χ2v) is 13.0. The highest BCUT2D eigenvalue weighted by atomic mass is 32.2. The van der Waals surface area contributed by atoms with Crippen LogP contribution in [0.2, 0.25) is 0 Å². The van der Waals surface area contributed by atoms with Gasteiger partial charge < -0.3 is 19.6 Å². The molecule has 0 fully saturated rings. The Morgan fingerprint density at radius 2 is 1.69 bits per heavy atom. The number of hydrogen-bond donors (Lipinski definition) is 2. The Morgan fingerprint density at radius 3 is 2.36 bits per heavy atom. The summed E-state index contributed by atoms with van der Waals surface area (Å²) in [5.41, 5.74) is 3.66. The lowest BCUT2D eigenvalue weighted by Crippen LogP contribution is -2.52. The molecule has 0 saturated heterocycles. The van der Waals surface area contributed by atoms with Crippen LogP contribution >= 0.6 is 0 Å². The molecule has 9 nitrogen and oxygen atoms in total. The minimum Gasteiger partial charge on any atom is -0.483 e. The van der Waals surface area contributed by atoms with E-state index in [1.165, 1.54) is 16.4 Å². The number of aliphatic hydroxyl groups is 1. The molecule has 0 spiro atoms. The van der Waals surface area contributed by atoms with Crippen molar-refractivity contribution in [2.24, 2.45) is 5.92 Å². The van der Waals surface area contributed by atoms with Gasteiger partial charge in [0.2, 0.25) is 10.0 Å². The van der Waals surface area contributed by atoms with E-state index in [-0.39, 0.29) is 30.5 Å². The van der Waals surface area contributed by atoms with Gasteiger partial charge in [0.1, 0.15) is 11.3 Å². The van der Waals surface area contributed by atoms with Crippen molar-refractivity contribution in [2.75, 3.05) is 19.7 Å². The molecule has 42 heavy (non-hydrogen) atoms. The van der Waals surface area contributed by atoms with E-state index in [0.717, 1.165) is 16.7 Å². The largest absolute Gasteiger partial charge is 0.483 e. The van der Waals surface area contributed by atoms with Crippen LogP contribution in [0.1, 0.15) is 36.4 Å². The van der Waals surface area contributed by atoms with E-state index in [2.05, 4.69) is 10.3 Å². The number of fused-ring (bicyclic) bond motifs is 1. The number of nitrogens with one attached hydrogen (secondary N) is 1. The van der Waals surface area contributed by atoms with Gasteiger partial charge in [-0.3, -0.25) is 4.79 Å². The van der Waals surface area contributed by atoms with Gasteiger partial charge in [0.05, 0.1) is 17.0 Å². The maximum absolute atomic E-state index is 13.8. The van der Waals surface area contributed by atoms with Gasteiger partial charge in [-0.2, -0.15) is 4.31 Å². The zero-order valence-electron chi connectivity index (χ0n) is 24.7. The number of oxazole rings is 1. The fraction of sp³-hybridized carbons (Fsp3) is 0.375. The number of carbonyl (C=O) groups excluding carboxylic acids is 1. The van der Waals surface area contributed by atoms with Crippen LogP contribution in [0.3, 0.4) is 0 Å². The topological polar surface area (TPSA) is 122 Å². The minimum absolute atomic E-state index is 0.0175. The first kappa shape index (κ1) is 31.2. The average Bonchev–Trinajstić information content (AvgIpc) is 3.31. The molecule has 2 atom stereocenters. The second-order valence-electron chi connectivity index (χ2n) is 11.0. The Hall–Kier alpha value is -3.73. The van der Waals surface area contributed by atoms with Crippen LogP contribution < -0.4 is 10.1 Å². The summed E-state index contributed by atoms with van der Waals surface area (Å²) in [5, 5.41) is 14.4. The number of para-hydroxylation sites is 1. The SMILES string of the molecule is Cc1nc2ccc(S(=O)(=O)N(CC(C)C)C[C@@H](O)[C@H](Cc3ccccc3)NC(=O)COc3c(C)cccc3C)cc2o1. The van der Waals surface area contributed by atoms with Gasteiger partial charge in [0.25, 0.3) is 5.91 Å². The lowest BCUT2D eigenvalue weighted by Gasteiger charge is -2.30. The van der Waals surface area contributed by atoms with Gasteiger partial charge in [-0.15, -0.1) is 0 Å². The highest BCUT2D eigenvalue weighted by Crippen LogP contribution is 2.25. The monoisotopic (exact) mass is 593 g/mol. The zero-order valence-corrected chi connectivity index (χ0v) is 25.5. The van der Waals surface area contributed by atoms with Gasteiger partial charge in [-0.05, 0) is 55.0 Å². The predicted molar refractivity (Wildman–Crippen MR) is 162 cm³/mol. The summed E-state index contributed by atoms with van der Waals surface area (Å²) >= 11 is 0. The van der Waals surface area contributed by atoms with E-state index >= 15 is 0 Å². The smallest absolute Gasteiger partial charge is 0.258 e. The molecule has 4 aromatic rings. The quantitative estimate of drug-likeness (QED) is 0.233. The molecule has 1 amide bonds. The first-order chi connectivity index (χ1) is 19.9. The molecule has 0 aliphatic carbocycles. The van der Waals surface area contributed by atoms with Crippen molar-refractivity contribution in [3.8, 4) is 5.75 Å². The van der Waals surface area contributed by atoms with Gasteiger partial charge in [0, 0.05) is 26.1 Å². The summed E-state index contributed by atoms with van der Waals surface area (Å²) in [6.45, 7) is 9.05. The van der Waals surface area contributed by atoms with E-state index in [1.54, 1.807) is 13.0 Å². The predicted octanol–water partition coefficient (Wildman–Crippen LogP) is 4.57. The average molecular weight is 594 g/mol. The number of carbonyl (C=O) groups is 1. The van der Waals surface area contributed by atoms with Crippen LogP contribution in [0.4, 0.5) is 0 Å². The molecule has 2 N–H and O–H groups in total. The molecule has 10 heteroatoms. The van der Waals surface area contributed by atoms with Crippen LogP contribution in [0.5, 0.6) is 5.75 Å². The number of benzene rings is 3. The summed E-state index contributed by atoms with van der Waals surface area (Å²) in [6, 6.07) is 19.0. The van der Waals surface area contributed by atoms with E-state index in [1.807, 2.05) is 76.2 Å². The van der Waals surface area contributed by atoms with Gasteiger partial charge in [-0.1, -0.05) is 62.4 Å². The van der Waals surface area contributed by atoms with Crippen molar-refractivity contribution in [2.45, 2.75) is 58.1 Å². The lowest BCUT2D eigenvalue weighted by molar-refractivity contribution is -0.124. The van der Waals surface area contributed by atoms with Crippen molar-refractivity contribution < 1.29 is 27.5 Å². The van der Waals surface area contributed by atoms with E-state index in [9.17, 15) is 18.3 Å². The number of hydrogen-bond acceptors (Lipinski definition) is 7. The lowest BCUT2D eigenvalue weighted by atomic mass is 10.0. The third kappa shape index (κ3) is 7.76. The van der Waals surface area contributed by atoms with Crippen molar-refractivity contribution in [3.63, 3.8) is 0 Å². The van der Waals surface area contributed by atoms with E-state index < -0.39 is 28.1 Å². The first-order valence-corrected chi connectivity index (χ1v) is 15.5. The molecule has 4 rings (SSSR count). The number of aliphatic hydroxyl groups excluding tert-OH is 1. The third-order valence-corrected chi connectivity index (χ3v) is 8.76. The van der Waals surface area contributed by atoms with E-state index in [4.69, 9.17) is 9.15 Å². The highest BCUT2D eigenvalue weighted by Gasteiger charge is 2.32. The number of aryl methyl sites for hydroxylation is 3. The highest BCUT2D eigenvalue weighted by molar-refractivity contribution is 7.89. The molecule has 1 heterocycles. The van der Waals surface area contributed by atoms with Crippen LogP contribution in [-0.4, -0.2) is 60.6 Å². The van der Waals surface area contributed by atoms with Crippen LogP contribution in [0.25, 0.3) is 11.1 Å². The number of rotatable bonds is 13. The fourth-order valence-electron chi connectivity index (χ4n) is 4.91. The molecular weight excluding hydrogens is 554 g/mol. The fourth-order valence-corrected chi connectivity index (χ4v) is 6.55. The van der Waals surface area contributed by atoms with E-state index in [0.29, 0.717) is 29.2 Å².